The van der Waals surface area contributed by atoms with E-state index >= 15 is 0 Å². The highest BCUT2D eigenvalue weighted by molar-refractivity contribution is 5.96. The Bertz CT molecular complexity index is 1340. The monoisotopic (exact) mass is 405 g/mol. The largest absolute Gasteiger partial charge is 0.438 e. The molecular weight excluding hydrogens is 386 g/mol. The number of rotatable bonds is 5. The van der Waals surface area contributed by atoms with Gasteiger partial charge in [0, 0.05) is 40.9 Å². The summed E-state index contributed by atoms with van der Waals surface area (Å²) in [7, 11) is 0. The molecule has 6 heteroatoms. The fourth-order valence-electron chi connectivity index (χ4n) is 3.38. The Morgan fingerprint density at radius 3 is 2.42 bits per heavy atom. The normalized spacial score (nSPS) is 10.7. The van der Waals surface area contributed by atoms with Gasteiger partial charge in [-0.05, 0) is 72.3 Å². The topological polar surface area (TPSA) is 86.0 Å². The van der Waals surface area contributed by atoms with Crippen molar-refractivity contribution in [3.05, 3.63) is 97.5 Å². The van der Waals surface area contributed by atoms with Gasteiger partial charge in [-0.3, -0.25) is 4.98 Å². The molecule has 0 bridgehead atoms. The Balaban J connectivity index is 1.44. The van der Waals surface area contributed by atoms with E-state index in [1.54, 1.807) is 18.6 Å². The number of nitrogens with zero attached hydrogens (tertiary/aromatic N) is 3. The van der Waals surface area contributed by atoms with Crippen LogP contribution in [0.4, 0.5) is 17.2 Å². The number of hydrogen-bond donors (Lipinski definition) is 2. The smallest absolute Gasteiger partial charge is 0.227 e. The molecule has 5 aromatic rings. The van der Waals surface area contributed by atoms with Gasteiger partial charge in [-0.1, -0.05) is 12.1 Å². The summed E-state index contributed by atoms with van der Waals surface area (Å²) in [6.45, 7) is 0. The van der Waals surface area contributed by atoms with E-state index in [0.717, 1.165) is 33.5 Å². The first-order valence-electron chi connectivity index (χ1n) is 9.82. The standard InChI is InChI=1S/C25H19N5O/c26-17-6-11-21-20(12-15-27-23(21)16-17)22-4-3-14-29-25(22)31-19-9-7-18(8-10-19)30-24-5-1-2-13-28-24/h1-16H,26H2,(H,28,30). The molecule has 3 aromatic heterocycles. The number of anilines is 3. The van der Waals surface area contributed by atoms with E-state index < -0.39 is 0 Å². The first-order valence-corrected chi connectivity index (χ1v) is 9.82. The second kappa shape index (κ2) is 8.12. The maximum atomic E-state index is 6.14. The third kappa shape index (κ3) is 4.00. The minimum Gasteiger partial charge on any atom is -0.438 e. The lowest BCUT2D eigenvalue weighted by atomic mass is 10.0. The third-order valence-electron chi connectivity index (χ3n) is 4.83. The van der Waals surface area contributed by atoms with E-state index in [1.165, 1.54) is 0 Å². The molecule has 0 saturated heterocycles. The molecule has 150 valence electrons. The van der Waals surface area contributed by atoms with Crippen molar-refractivity contribution < 1.29 is 4.74 Å². The lowest BCUT2D eigenvalue weighted by Crippen LogP contribution is -1.95. The molecule has 0 fully saturated rings. The van der Waals surface area contributed by atoms with Crippen molar-refractivity contribution in [1.82, 2.24) is 15.0 Å². The van der Waals surface area contributed by atoms with Crippen molar-refractivity contribution in [2.75, 3.05) is 11.1 Å². The van der Waals surface area contributed by atoms with Crippen molar-refractivity contribution in [3.63, 3.8) is 0 Å². The lowest BCUT2D eigenvalue weighted by Gasteiger charge is -2.12. The minimum atomic E-state index is 0.525. The molecule has 0 aliphatic carbocycles. The molecule has 0 aliphatic rings. The summed E-state index contributed by atoms with van der Waals surface area (Å²) in [5.74, 6) is 2.00. The van der Waals surface area contributed by atoms with Gasteiger partial charge in [-0.15, -0.1) is 0 Å². The maximum Gasteiger partial charge on any atom is 0.227 e. The number of hydrogen-bond acceptors (Lipinski definition) is 6. The molecule has 0 spiro atoms. The number of nitrogen functional groups attached to an aromatic ring is 1. The highest BCUT2D eigenvalue weighted by atomic mass is 16.5. The van der Waals surface area contributed by atoms with Gasteiger partial charge in [-0.25, -0.2) is 9.97 Å². The van der Waals surface area contributed by atoms with Crippen LogP contribution >= 0.6 is 0 Å². The minimum absolute atomic E-state index is 0.525. The van der Waals surface area contributed by atoms with Gasteiger partial charge < -0.3 is 15.8 Å². The van der Waals surface area contributed by atoms with Crippen LogP contribution in [0.1, 0.15) is 0 Å². The Hall–Kier alpha value is -4.45. The number of aromatic nitrogens is 3. The van der Waals surface area contributed by atoms with E-state index in [0.29, 0.717) is 17.3 Å². The van der Waals surface area contributed by atoms with Gasteiger partial charge in [0.05, 0.1) is 5.52 Å². The Labute approximate surface area is 179 Å². The second-order valence-electron chi connectivity index (χ2n) is 6.96. The molecule has 0 saturated carbocycles. The van der Waals surface area contributed by atoms with Crippen LogP contribution in [0.25, 0.3) is 22.0 Å². The molecule has 2 aromatic carbocycles. The highest BCUT2D eigenvalue weighted by Crippen LogP contribution is 2.35. The van der Waals surface area contributed by atoms with Crippen LogP contribution in [0.15, 0.2) is 97.5 Å². The van der Waals surface area contributed by atoms with Crippen LogP contribution in [0.2, 0.25) is 0 Å². The molecular formula is C25H19N5O. The Morgan fingerprint density at radius 1 is 0.710 bits per heavy atom. The lowest BCUT2D eigenvalue weighted by molar-refractivity contribution is 0.465. The summed E-state index contributed by atoms with van der Waals surface area (Å²) in [5.41, 5.74) is 10.2. The van der Waals surface area contributed by atoms with Crippen molar-refractivity contribution >= 4 is 28.1 Å². The molecule has 5 rings (SSSR count). The highest BCUT2D eigenvalue weighted by Gasteiger charge is 2.12. The quantitative estimate of drug-likeness (QED) is 0.359. The molecule has 31 heavy (non-hydrogen) atoms. The average molecular weight is 405 g/mol. The number of fused-ring (bicyclic) bond motifs is 1. The molecule has 0 amide bonds. The van der Waals surface area contributed by atoms with Crippen LogP contribution in [0.3, 0.4) is 0 Å². The molecule has 3 heterocycles. The zero-order valence-electron chi connectivity index (χ0n) is 16.6. The van der Waals surface area contributed by atoms with Crippen molar-refractivity contribution in [2.45, 2.75) is 0 Å². The average Bonchev–Trinajstić information content (AvgIpc) is 2.81. The second-order valence-corrected chi connectivity index (χ2v) is 6.96. The van der Waals surface area contributed by atoms with Crippen LogP contribution < -0.4 is 15.8 Å². The first-order chi connectivity index (χ1) is 15.3. The van der Waals surface area contributed by atoms with Crippen molar-refractivity contribution in [1.29, 1.82) is 0 Å². The van der Waals surface area contributed by atoms with Crippen molar-refractivity contribution in [2.24, 2.45) is 0 Å². The summed E-state index contributed by atoms with van der Waals surface area (Å²) in [6, 6.07) is 25.0. The molecule has 6 nitrogen and oxygen atoms in total. The number of pyridine rings is 3. The molecule has 3 N–H and O–H groups in total. The van der Waals surface area contributed by atoms with Gasteiger partial charge in [-0.2, -0.15) is 0 Å². The van der Waals surface area contributed by atoms with E-state index in [9.17, 15) is 0 Å². The summed E-state index contributed by atoms with van der Waals surface area (Å²) in [4.78, 5) is 13.2. The number of nitrogens with two attached hydrogens (primary N) is 1. The summed E-state index contributed by atoms with van der Waals surface area (Å²) in [5, 5.41) is 4.25. The number of nitrogens with one attached hydrogen (secondary N) is 1. The summed E-state index contributed by atoms with van der Waals surface area (Å²) < 4.78 is 6.14. The van der Waals surface area contributed by atoms with Gasteiger partial charge in [0.1, 0.15) is 11.6 Å². The molecule has 0 radical (unpaired) electrons. The van der Waals surface area contributed by atoms with Crippen LogP contribution in [0.5, 0.6) is 11.6 Å². The predicted octanol–water partition coefficient (Wildman–Crippen LogP) is 5.81. The van der Waals surface area contributed by atoms with Crippen molar-refractivity contribution in [3.8, 4) is 22.8 Å². The van der Waals surface area contributed by atoms with Gasteiger partial charge in [0.15, 0.2) is 0 Å². The van der Waals surface area contributed by atoms with E-state index in [1.807, 2.05) is 78.9 Å². The Kier molecular flexibility index (Phi) is 4.86. The number of ether oxygens (including phenoxy) is 1. The van der Waals surface area contributed by atoms with Gasteiger partial charge in [0.2, 0.25) is 5.88 Å². The van der Waals surface area contributed by atoms with Gasteiger partial charge in [0.25, 0.3) is 0 Å². The van der Waals surface area contributed by atoms with E-state index in [-0.39, 0.29) is 0 Å². The zero-order valence-corrected chi connectivity index (χ0v) is 16.6. The number of benzene rings is 2. The predicted molar refractivity (Wildman–Crippen MR) is 123 cm³/mol. The SMILES string of the molecule is Nc1ccc2c(-c3cccnc3Oc3ccc(Nc4ccccn4)cc3)ccnc2c1. The first kappa shape index (κ1) is 18.6. The van der Waals surface area contributed by atoms with E-state index in [4.69, 9.17) is 10.5 Å². The third-order valence-corrected chi connectivity index (χ3v) is 4.83. The van der Waals surface area contributed by atoms with Gasteiger partial charge >= 0.3 is 0 Å². The fourth-order valence-corrected chi connectivity index (χ4v) is 3.38. The molecule has 0 atom stereocenters. The van der Waals surface area contributed by atoms with Crippen LogP contribution in [-0.4, -0.2) is 15.0 Å². The van der Waals surface area contributed by atoms with Crippen LogP contribution in [-0.2, 0) is 0 Å². The van der Waals surface area contributed by atoms with E-state index in [2.05, 4.69) is 20.3 Å². The summed E-state index contributed by atoms with van der Waals surface area (Å²) in [6.07, 6.45) is 5.24. The molecule has 0 aliphatic heterocycles. The maximum absolute atomic E-state index is 6.14. The zero-order chi connectivity index (χ0) is 21.0. The van der Waals surface area contributed by atoms with Crippen LogP contribution in [0, 0.1) is 0 Å². The Morgan fingerprint density at radius 2 is 1.58 bits per heavy atom. The fraction of sp³-hybridized carbons (Fsp3) is 0. The molecule has 0 unspecified atom stereocenters. The summed E-state index contributed by atoms with van der Waals surface area (Å²) >= 11 is 0.